The molecular formula is C33H48N2O5. The molecule has 2 aromatic rings. The number of aliphatic hydroxyl groups is 1. The summed E-state index contributed by atoms with van der Waals surface area (Å²) >= 11 is 0. The molecule has 1 aliphatic rings. The highest BCUT2D eigenvalue weighted by Crippen LogP contribution is 2.47. The van der Waals surface area contributed by atoms with Crippen molar-refractivity contribution >= 4 is 11.9 Å². The van der Waals surface area contributed by atoms with Gasteiger partial charge in [-0.25, -0.2) is 9.59 Å². The summed E-state index contributed by atoms with van der Waals surface area (Å²) in [6, 6.07) is 6.80. The smallest absolute Gasteiger partial charge is 0.336 e. The third-order valence-electron chi connectivity index (χ3n) is 8.54. The van der Waals surface area contributed by atoms with Crippen molar-refractivity contribution in [2.75, 3.05) is 39.3 Å². The molecule has 0 radical (unpaired) electrons. The fourth-order valence-electron chi connectivity index (χ4n) is 6.12. The van der Waals surface area contributed by atoms with Gasteiger partial charge in [0.25, 0.3) is 0 Å². The van der Waals surface area contributed by atoms with Gasteiger partial charge in [0, 0.05) is 0 Å². The molecule has 1 aliphatic carbocycles. The third kappa shape index (κ3) is 7.50. The highest BCUT2D eigenvalue weighted by Gasteiger charge is 2.34. The van der Waals surface area contributed by atoms with Crippen LogP contribution in [0.1, 0.15) is 115 Å². The van der Waals surface area contributed by atoms with Crippen LogP contribution in [-0.2, 0) is 12.8 Å². The van der Waals surface area contributed by atoms with Gasteiger partial charge in [0.2, 0.25) is 0 Å². The van der Waals surface area contributed by atoms with Gasteiger partial charge in [-0.15, -0.1) is 0 Å². The van der Waals surface area contributed by atoms with E-state index in [9.17, 15) is 24.9 Å². The Morgan fingerprint density at radius 1 is 0.725 bits per heavy atom. The summed E-state index contributed by atoms with van der Waals surface area (Å²) in [4.78, 5) is 29.1. The van der Waals surface area contributed by atoms with E-state index >= 15 is 0 Å². The van der Waals surface area contributed by atoms with Crippen LogP contribution in [0.5, 0.6) is 0 Å². The number of aryl methyl sites for hydroxylation is 1. The van der Waals surface area contributed by atoms with Gasteiger partial charge in [-0.3, -0.25) is 0 Å². The van der Waals surface area contributed by atoms with Gasteiger partial charge < -0.3 is 25.1 Å². The van der Waals surface area contributed by atoms with E-state index in [1.165, 1.54) is 6.07 Å². The average molecular weight is 553 g/mol. The number of aromatic carboxylic acids is 2. The highest BCUT2D eigenvalue weighted by molar-refractivity contribution is 5.96. The van der Waals surface area contributed by atoms with Crippen molar-refractivity contribution in [2.24, 2.45) is 0 Å². The Bertz CT molecular complexity index is 1150. The molecule has 3 rings (SSSR count). The maximum Gasteiger partial charge on any atom is 0.336 e. The van der Waals surface area contributed by atoms with Crippen molar-refractivity contribution in [3.63, 3.8) is 0 Å². The molecule has 7 nitrogen and oxygen atoms in total. The van der Waals surface area contributed by atoms with Gasteiger partial charge in [-0.05, 0) is 129 Å². The van der Waals surface area contributed by atoms with Crippen molar-refractivity contribution < 1.29 is 24.9 Å². The molecule has 0 saturated heterocycles. The monoisotopic (exact) mass is 552 g/mol. The normalized spacial score (nSPS) is 14.1. The number of nitrogens with zero attached hydrogens (tertiary/aromatic N) is 2. The Kier molecular flexibility index (Phi) is 12.2. The summed E-state index contributed by atoms with van der Waals surface area (Å²) in [5.41, 5.74) is 4.82. The number of carbonyl (C=O) groups is 2. The van der Waals surface area contributed by atoms with Crippen molar-refractivity contribution in [2.45, 2.75) is 85.2 Å². The van der Waals surface area contributed by atoms with E-state index in [1.807, 2.05) is 6.07 Å². The number of carboxylic acids is 2. The van der Waals surface area contributed by atoms with Crippen molar-refractivity contribution in [1.82, 2.24) is 9.80 Å². The molecule has 0 aliphatic heterocycles. The number of aliphatic hydroxyl groups excluding tert-OH is 1. The van der Waals surface area contributed by atoms with Gasteiger partial charge >= 0.3 is 11.9 Å². The predicted molar refractivity (Wildman–Crippen MR) is 161 cm³/mol. The molecular weight excluding hydrogens is 504 g/mol. The molecule has 0 amide bonds. The van der Waals surface area contributed by atoms with Crippen LogP contribution in [-0.4, -0.2) is 76.3 Å². The summed E-state index contributed by atoms with van der Waals surface area (Å²) in [5, 5.41) is 31.3. The molecule has 0 fully saturated rings. The number of hydrogen-bond donors (Lipinski definition) is 3. The van der Waals surface area contributed by atoms with E-state index in [0.717, 1.165) is 94.5 Å². The maximum absolute atomic E-state index is 12.7. The quantitative estimate of drug-likeness (QED) is 0.188. The van der Waals surface area contributed by atoms with Crippen LogP contribution in [0.15, 0.2) is 24.3 Å². The molecule has 40 heavy (non-hydrogen) atoms. The molecule has 220 valence electrons. The van der Waals surface area contributed by atoms with E-state index in [1.54, 1.807) is 12.1 Å². The largest absolute Gasteiger partial charge is 0.478 e. The zero-order chi connectivity index (χ0) is 29.2. The molecule has 0 saturated carbocycles. The van der Waals surface area contributed by atoms with E-state index in [-0.39, 0.29) is 5.56 Å². The second-order valence-corrected chi connectivity index (χ2v) is 10.8. The first-order chi connectivity index (χ1) is 19.3. The summed E-state index contributed by atoms with van der Waals surface area (Å²) in [6.45, 7) is 14.9. The molecule has 0 heterocycles. The van der Waals surface area contributed by atoms with Gasteiger partial charge in [0.1, 0.15) is 6.10 Å². The molecule has 0 spiro atoms. The lowest BCUT2D eigenvalue weighted by molar-refractivity contribution is 0.0684. The summed E-state index contributed by atoms with van der Waals surface area (Å²) in [6.07, 6.45) is 6.08. The molecule has 1 atom stereocenters. The lowest BCUT2D eigenvalue weighted by Crippen LogP contribution is -2.23. The highest BCUT2D eigenvalue weighted by atomic mass is 16.4. The molecule has 7 heteroatoms. The van der Waals surface area contributed by atoms with Crippen molar-refractivity contribution in [1.29, 1.82) is 0 Å². The first kappa shape index (κ1) is 31.8. The Labute approximate surface area is 239 Å². The van der Waals surface area contributed by atoms with Gasteiger partial charge in [-0.2, -0.15) is 0 Å². The SMILES string of the molecule is CCN(CC)CCCCCc1cc2c(c(CCCCCN(CC)CC)c1C(=O)O)C(O)c1cc(C(=O)O)ccc1-2. The molecule has 2 aromatic carbocycles. The first-order valence-electron chi connectivity index (χ1n) is 15.2. The third-order valence-corrected chi connectivity index (χ3v) is 8.54. The fourth-order valence-corrected chi connectivity index (χ4v) is 6.12. The van der Waals surface area contributed by atoms with Crippen molar-refractivity contribution in [3.05, 3.63) is 57.6 Å². The van der Waals surface area contributed by atoms with E-state index in [0.29, 0.717) is 35.1 Å². The topological polar surface area (TPSA) is 101 Å². The summed E-state index contributed by atoms with van der Waals surface area (Å²) in [7, 11) is 0. The van der Waals surface area contributed by atoms with Gasteiger partial charge in [0.15, 0.2) is 0 Å². The van der Waals surface area contributed by atoms with Crippen LogP contribution in [0.4, 0.5) is 0 Å². The zero-order valence-corrected chi connectivity index (χ0v) is 24.8. The number of unbranched alkanes of at least 4 members (excludes halogenated alkanes) is 4. The Morgan fingerprint density at radius 2 is 1.30 bits per heavy atom. The summed E-state index contributed by atoms with van der Waals surface area (Å²) < 4.78 is 0. The number of rotatable bonds is 18. The molecule has 3 N–H and O–H groups in total. The summed E-state index contributed by atoms with van der Waals surface area (Å²) in [5.74, 6) is -2.00. The lowest BCUT2D eigenvalue weighted by Gasteiger charge is -2.20. The Hall–Kier alpha value is -2.74. The fraction of sp³-hybridized carbons (Fsp3) is 0.576. The number of benzene rings is 2. The predicted octanol–water partition coefficient (Wildman–Crippen LogP) is 6.25. The second kappa shape index (κ2) is 15.3. The Balaban J connectivity index is 1.91. The maximum atomic E-state index is 12.7. The zero-order valence-electron chi connectivity index (χ0n) is 24.8. The van der Waals surface area contributed by atoms with E-state index in [4.69, 9.17) is 0 Å². The molecule has 0 bridgehead atoms. The standard InChI is InChI=1S/C33H48N2O5/c1-5-34(6-2)19-13-9-11-15-23-21-27-25-18-17-24(32(37)38)22-28(25)31(36)30(27)26(29(23)33(39)40)16-12-10-14-20-35(7-3)8-4/h17-18,21-22,31,36H,5-16,19-20H2,1-4H3,(H,37,38)(H,39,40). The van der Waals surface area contributed by atoms with Gasteiger partial charge in [0.05, 0.1) is 11.1 Å². The lowest BCUT2D eigenvalue weighted by atomic mass is 9.86. The van der Waals surface area contributed by atoms with Crippen LogP contribution < -0.4 is 0 Å². The van der Waals surface area contributed by atoms with Crippen LogP contribution in [0.2, 0.25) is 0 Å². The first-order valence-corrected chi connectivity index (χ1v) is 15.2. The number of fused-ring (bicyclic) bond motifs is 3. The van der Waals surface area contributed by atoms with Crippen LogP contribution >= 0.6 is 0 Å². The van der Waals surface area contributed by atoms with E-state index in [2.05, 4.69) is 37.5 Å². The minimum absolute atomic E-state index is 0.121. The van der Waals surface area contributed by atoms with Crippen LogP contribution in [0.25, 0.3) is 11.1 Å². The second-order valence-electron chi connectivity index (χ2n) is 10.8. The number of hydrogen-bond acceptors (Lipinski definition) is 5. The average Bonchev–Trinajstić information content (AvgIpc) is 3.23. The van der Waals surface area contributed by atoms with Gasteiger partial charge in [-0.1, -0.05) is 46.6 Å². The van der Waals surface area contributed by atoms with Crippen LogP contribution in [0.3, 0.4) is 0 Å². The van der Waals surface area contributed by atoms with E-state index < -0.39 is 18.0 Å². The minimum atomic E-state index is -1.05. The molecule has 0 aromatic heterocycles. The van der Waals surface area contributed by atoms with Crippen LogP contribution in [0, 0.1) is 0 Å². The minimum Gasteiger partial charge on any atom is -0.478 e. The Morgan fingerprint density at radius 3 is 1.82 bits per heavy atom. The molecule has 1 unspecified atom stereocenters. The van der Waals surface area contributed by atoms with Crippen molar-refractivity contribution in [3.8, 4) is 11.1 Å². The number of carboxylic acid groups (broad SMARTS) is 2.